The first-order chi connectivity index (χ1) is 8.72. The van der Waals surface area contributed by atoms with E-state index in [2.05, 4.69) is 63.9 Å². The van der Waals surface area contributed by atoms with Crippen molar-refractivity contribution in [2.75, 3.05) is 11.4 Å². The van der Waals surface area contributed by atoms with Gasteiger partial charge in [-0.05, 0) is 47.0 Å². The number of anilines is 1. The van der Waals surface area contributed by atoms with Crippen molar-refractivity contribution in [2.45, 2.75) is 20.4 Å². The van der Waals surface area contributed by atoms with Crippen LogP contribution in [0, 0.1) is 6.92 Å². The average Bonchev–Trinajstić information content (AvgIpc) is 2.41. The van der Waals surface area contributed by atoms with E-state index in [1.807, 2.05) is 18.3 Å². The maximum Gasteiger partial charge on any atom is 0.143 e. The summed E-state index contributed by atoms with van der Waals surface area (Å²) in [5.74, 6) is 1.02. The molecule has 0 aliphatic rings. The minimum absolute atomic E-state index is 0.881. The molecule has 0 aliphatic carbocycles. The first-order valence-corrected chi connectivity index (χ1v) is 6.91. The van der Waals surface area contributed by atoms with Crippen molar-refractivity contribution in [1.82, 2.24) is 4.98 Å². The van der Waals surface area contributed by atoms with Gasteiger partial charge >= 0.3 is 0 Å². The van der Waals surface area contributed by atoms with Gasteiger partial charge in [-0.25, -0.2) is 4.98 Å². The number of hydrogen-bond acceptors (Lipinski definition) is 2. The van der Waals surface area contributed by atoms with E-state index < -0.39 is 0 Å². The molecule has 1 heterocycles. The van der Waals surface area contributed by atoms with Gasteiger partial charge in [0.1, 0.15) is 5.82 Å². The molecule has 2 nitrogen and oxygen atoms in total. The van der Waals surface area contributed by atoms with Crippen LogP contribution in [0.1, 0.15) is 18.1 Å². The van der Waals surface area contributed by atoms with E-state index in [1.54, 1.807) is 0 Å². The number of aryl methyl sites for hydroxylation is 1. The Balaban J connectivity index is 2.26. The summed E-state index contributed by atoms with van der Waals surface area (Å²) < 4.78 is 1.09. The lowest BCUT2D eigenvalue weighted by molar-refractivity contribution is 0.809. The van der Waals surface area contributed by atoms with Gasteiger partial charge in [-0.15, -0.1) is 0 Å². The van der Waals surface area contributed by atoms with Crippen LogP contribution in [0.5, 0.6) is 0 Å². The summed E-state index contributed by atoms with van der Waals surface area (Å²) >= 11 is 3.63. The molecule has 2 rings (SSSR count). The predicted octanol–water partition coefficient (Wildman–Crippen LogP) is 4.18. The van der Waals surface area contributed by atoms with E-state index in [0.717, 1.165) is 23.4 Å². The Kier molecular flexibility index (Phi) is 4.37. The highest BCUT2D eigenvalue weighted by Crippen LogP contribution is 2.27. The number of aromatic nitrogens is 1. The monoisotopic (exact) mass is 304 g/mol. The topological polar surface area (TPSA) is 16.1 Å². The van der Waals surface area contributed by atoms with Crippen molar-refractivity contribution in [1.29, 1.82) is 0 Å². The molecule has 0 bridgehead atoms. The molecule has 1 aromatic carbocycles. The van der Waals surface area contributed by atoms with Gasteiger partial charge in [-0.3, -0.25) is 0 Å². The SMILES string of the molecule is CCN(Cc1ccccc1)c1nccc(C)c1Br. The standard InChI is InChI=1S/C15H17BrN2/c1-3-18(11-13-7-5-4-6-8-13)15-14(16)12(2)9-10-17-15/h4-10H,3,11H2,1-2H3. The molecule has 0 unspecified atom stereocenters. The largest absolute Gasteiger partial charge is 0.352 e. The van der Waals surface area contributed by atoms with Gasteiger partial charge in [-0.2, -0.15) is 0 Å². The van der Waals surface area contributed by atoms with Crippen molar-refractivity contribution in [3.63, 3.8) is 0 Å². The summed E-state index contributed by atoms with van der Waals surface area (Å²) in [4.78, 5) is 6.76. The molecule has 2 aromatic rings. The highest BCUT2D eigenvalue weighted by molar-refractivity contribution is 9.10. The average molecular weight is 305 g/mol. The van der Waals surface area contributed by atoms with Crippen molar-refractivity contribution < 1.29 is 0 Å². The molecule has 94 valence electrons. The third-order valence-corrected chi connectivity index (χ3v) is 3.94. The van der Waals surface area contributed by atoms with E-state index in [1.165, 1.54) is 11.1 Å². The van der Waals surface area contributed by atoms with Gasteiger partial charge < -0.3 is 4.90 Å². The van der Waals surface area contributed by atoms with Crippen molar-refractivity contribution in [3.8, 4) is 0 Å². The van der Waals surface area contributed by atoms with E-state index in [4.69, 9.17) is 0 Å². The summed E-state index contributed by atoms with van der Waals surface area (Å²) in [5.41, 5.74) is 2.51. The second kappa shape index (κ2) is 6.01. The van der Waals surface area contributed by atoms with Gasteiger partial charge in [0.05, 0.1) is 4.47 Å². The Morgan fingerprint density at radius 1 is 1.17 bits per heavy atom. The van der Waals surface area contributed by atoms with Crippen LogP contribution in [0.15, 0.2) is 47.1 Å². The van der Waals surface area contributed by atoms with Gasteiger partial charge in [-0.1, -0.05) is 30.3 Å². The lowest BCUT2D eigenvalue weighted by Gasteiger charge is -2.23. The quantitative estimate of drug-likeness (QED) is 0.842. The molecule has 18 heavy (non-hydrogen) atoms. The summed E-state index contributed by atoms with van der Waals surface area (Å²) in [6.07, 6.45) is 1.86. The third kappa shape index (κ3) is 2.91. The lowest BCUT2D eigenvalue weighted by atomic mass is 10.2. The predicted molar refractivity (Wildman–Crippen MR) is 79.8 cm³/mol. The van der Waals surface area contributed by atoms with E-state index in [9.17, 15) is 0 Å². The molecule has 0 aliphatic heterocycles. The van der Waals surface area contributed by atoms with Gasteiger partial charge in [0, 0.05) is 19.3 Å². The molecule has 0 saturated carbocycles. The number of benzene rings is 1. The molecule has 0 fully saturated rings. The van der Waals surface area contributed by atoms with Crippen LogP contribution in [0.3, 0.4) is 0 Å². The van der Waals surface area contributed by atoms with Crippen molar-refractivity contribution >= 4 is 21.7 Å². The van der Waals surface area contributed by atoms with Crippen LogP contribution in [-0.4, -0.2) is 11.5 Å². The Hall–Kier alpha value is -1.35. The Bertz CT molecular complexity index is 511. The highest BCUT2D eigenvalue weighted by Gasteiger charge is 2.11. The van der Waals surface area contributed by atoms with Gasteiger partial charge in [0.25, 0.3) is 0 Å². The van der Waals surface area contributed by atoms with E-state index >= 15 is 0 Å². The normalized spacial score (nSPS) is 10.4. The maximum atomic E-state index is 4.49. The summed E-state index contributed by atoms with van der Waals surface area (Å²) in [7, 11) is 0. The number of halogens is 1. The second-order valence-corrected chi connectivity index (χ2v) is 5.06. The minimum Gasteiger partial charge on any atom is -0.352 e. The zero-order valence-corrected chi connectivity index (χ0v) is 12.3. The number of hydrogen-bond donors (Lipinski definition) is 0. The van der Waals surface area contributed by atoms with Crippen LogP contribution < -0.4 is 4.90 Å². The van der Waals surface area contributed by atoms with Crippen LogP contribution in [0.2, 0.25) is 0 Å². The molecule has 0 atom stereocenters. The van der Waals surface area contributed by atoms with Crippen molar-refractivity contribution in [2.24, 2.45) is 0 Å². The number of nitrogens with zero attached hydrogens (tertiary/aromatic N) is 2. The summed E-state index contributed by atoms with van der Waals surface area (Å²) in [6.45, 7) is 6.06. The van der Waals surface area contributed by atoms with E-state index in [-0.39, 0.29) is 0 Å². The van der Waals surface area contributed by atoms with Crippen LogP contribution in [-0.2, 0) is 6.54 Å². The molecule has 0 amide bonds. The Morgan fingerprint density at radius 2 is 1.89 bits per heavy atom. The first-order valence-electron chi connectivity index (χ1n) is 6.12. The van der Waals surface area contributed by atoms with Crippen LogP contribution in [0.4, 0.5) is 5.82 Å². The smallest absolute Gasteiger partial charge is 0.143 e. The Labute approximate surface area is 117 Å². The minimum atomic E-state index is 0.881. The zero-order chi connectivity index (χ0) is 13.0. The fourth-order valence-corrected chi connectivity index (χ4v) is 2.37. The molecular weight excluding hydrogens is 288 g/mol. The fourth-order valence-electron chi connectivity index (χ4n) is 1.89. The maximum absolute atomic E-state index is 4.49. The highest BCUT2D eigenvalue weighted by atomic mass is 79.9. The zero-order valence-electron chi connectivity index (χ0n) is 10.7. The van der Waals surface area contributed by atoms with Crippen molar-refractivity contribution in [3.05, 3.63) is 58.2 Å². The molecular formula is C15H17BrN2. The molecule has 0 radical (unpaired) electrons. The summed E-state index contributed by atoms with van der Waals surface area (Å²) in [6, 6.07) is 12.5. The fraction of sp³-hybridized carbons (Fsp3) is 0.267. The van der Waals surface area contributed by atoms with Crippen LogP contribution in [0.25, 0.3) is 0 Å². The Morgan fingerprint density at radius 3 is 2.56 bits per heavy atom. The van der Waals surface area contributed by atoms with Gasteiger partial charge in [0.2, 0.25) is 0 Å². The molecule has 1 aromatic heterocycles. The number of pyridine rings is 1. The first kappa shape index (κ1) is 13.1. The summed E-state index contributed by atoms with van der Waals surface area (Å²) in [5, 5.41) is 0. The van der Waals surface area contributed by atoms with Crippen LogP contribution >= 0.6 is 15.9 Å². The second-order valence-electron chi connectivity index (χ2n) is 4.27. The molecule has 0 spiro atoms. The van der Waals surface area contributed by atoms with Gasteiger partial charge in [0.15, 0.2) is 0 Å². The third-order valence-electron chi connectivity index (χ3n) is 2.96. The molecule has 0 N–H and O–H groups in total. The molecule has 3 heteroatoms. The van der Waals surface area contributed by atoms with E-state index in [0.29, 0.717) is 0 Å². The lowest BCUT2D eigenvalue weighted by Crippen LogP contribution is -2.23. The molecule has 0 saturated heterocycles. The number of rotatable bonds is 4.